The van der Waals surface area contributed by atoms with Gasteiger partial charge in [0, 0.05) is 12.5 Å². The number of ether oxygens (including phenoxy) is 1. The van der Waals surface area contributed by atoms with Gasteiger partial charge in [-0.3, -0.25) is 0 Å². The van der Waals surface area contributed by atoms with E-state index in [0.29, 0.717) is 11.7 Å². The molecular formula is C11H15NO2. The summed E-state index contributed by atoms with van der Waals surface area (Å²) >= 11 is 0. The standard InChI is InChI=1S/C11H15NO2/c1-12-6-8-4-9-5-10(13)2-3-11(9)14-7-8/h2-3,5,8,12-13H,4,6-7H2,1H3. The van der Waals surface area contributed by atoms with Crippen molar-refractivity contribution in [1.82, 2.24) is 5.32 Å². The molecule has 1 aliphatic rings. The van der Waals surface area contributed by atoms with Crippen molar-refractivity contribution in [2.75, 3.05) is 20.2 Å². The third-order valence-electron chi connectivity index (χ3n) is 2.52. The largest absolute Gasteiger partial charge is 0.508 e. The Hall–Kier alpha value is -1.22. The first kappa shape index (κ1) is 9.34. The van der Waals surface area contributed by atoms with Crippen LogP contribution in [0.5, 0.6) is 11.5 Å². The zero-order chi connectivity index (χ0) is 9.97. The van der Waals surface area contributed by atoms with Crippen LogP contribution in [0.2, 0.25) is 0 Å². The minimum atomic E-state index is 0.317. The number of fused-ring (bicyclic) bond motifs is 1. The van der Waals surface area contributed by atoms with Crippen molar-refractivity contribution in [2.45, 2.75) is 6.42 Å². The third-order valence-corrected chi connectivity index (χ3v) is 2.52. The van der Waals surface area contributed by atoms with E-state index in [2.05, 4.69) is 5.32 Å². The van der Waals surface area contributed by atoms with Crippen LogP contribution in [0.4, 0.5) is 0 Å². The monoisotopic (exact) mass is 193 g/mol. The summed E-state index contributed by atoms with van der Waals surface area (Å²) in [5.74, 6) is 1.74. The minimum absolute atomic E-state index is 0.317. The summed E-state index contributed by atoms with van der Waals surface area (Å²) in [6.07, 6.45) is 0.977. The van der Waals surface area contributed by atoms with Crippen LogP contribution in [-0.2, 0) is 6.42 Å². The second-order valence-corrected chi connectivity index (χ2v) is 3.73. The Morgan fingerprint density at radius 2 is 2.43 bits per heavy atom. The molecular weight excluding hydrogens is 178 g/mol. The molecule has 0 bridgehead atoms. The fraction of sp³-hybridized carbons (Fsp3) is 0.455. The molecule has 3 heteroatoms. The molecule has 3 nitrogen and oxygen atoms in total. The molecule has 0 aliphatic carbocycles. The molecule has 0 amide bonds. The molecule has 1 aliphatic heterocycles. The van der Waals surface area contributed by atoms with E-state index in [1.807, 2.05) is 13.1 Å². The second-order valence-electron chi connectivity index (χ2n) is 3.73. The van der Waals surface area contributed by atoms with Crippen molar-refractivity contribution in [1.29, 1.82) is 0 Å². The van der Waals surface area contributed by atoms with E-state index in [-0.39, 0.29) is 0 Å². The van der Waals surface area contributed by atoms with Gasteiger partial charge in [-0.05, 0) is 37.2 Å². The Bertz CT molecular complexity index is 325. The molecule has 1 heterocycles. The SMILES string of the molecule is CNCC1COc2ccc(O)cc2C1. The van der Waals surface area contributed by atoms with Gasteiger partial charge < -0.3 is 15.2 Å². The average molecular weight is 193 g/mol. The van der Waals surface area contributed by atoms with Crippen molar-refractivity contribution < 1.29 is 9.84 Å². The number of benzene rings is 1. The first-order valence-electron chi connectivity index (χ1n) is 4.89. The molecule has 2 rings (SSSR count). The van der Waals surface area contributed by atoms with Crippen molar-refractivity contribution in [3.63, 3.8) is 0 Å². The van der Waals surface area contributed by atoms with Crippen LogP contribution in [-0.4, -0.2) is 25.3 Å². The first-order chi connectivity index (χ1) is 6.79. The first-order valence-corrected chi connectivity index (χ1v) is 4.89. The lowest BCUT2D eigenvalue weighted by atomic mass is 9.96. The fourth-order valence-corrected chi connectivity index (χ4v) is 1.86. The predicted octanol–water partition coefficient (Wildman–Crippen LogP) is 1.16. The summed E-state index contributed by atoms with van der Waals surface area (Å²) in [5, 5.41) is 12.5. The smallest absolute Gasteiger partial charge is 0.122 e. The van der Waals surface area contributed by atoms with Crippen LogP contribution in [0, 0.1) is 5.92 Å². The van der Waals surface area contributed by atoms with Crippen LogP contribution in [0.3, 0.4) is 0 Å². The Morgan fingerprint density at radius 1 is 1.57 bits per heavy atom. The minimum Gasteiger partial charge on any atom is -0.508 e. The van der Waals surface area contributed by atoms with Gasteiger partial charge in [0.1, 0.15) is 11.5 Å². The molecule has 0 aromatic heterocycles. The lowest BCUT2D eigenvalue weighted by Crippen LogP contribution is -2.29. The number of nitrogens with one attached hydrogen (secondary N) is 1. The summed E-state index contributed by atoms with van der Waals surface area (Å²) in [4.78, 5) is 0. The molecule has 0 radical (unpaired) electrons. The van der Waals surface area contributed by atoms with Crippen LogP contribution < -0.4 is 10.1 Å². The quantitative estimate of drug-likeness (QED) is 0.740. The molecule has 0 fully saturated rings. The van der Waals surface area contributed by atoms with Gasteiger partial charge in [-0.25, -0.2) is 0 Å². The van der Waals surface area contributed by atoms with E-state index in [1.54, 1.807) is 12.1 Å². The van der Waals surface area contributed by atoms with Gasteiger partial charge in [-0.15, -0.1) is 0 Å². The van der Waals surface area contributed by atoms with E-state index < -0.39 is 0 Å². The molecule has 1 atom stereocenters. The second kappa shape index (κ2) is 3.88. The normalized spacial score (nSPS) is 19.9. The molecule has 1 aromatic rings. The summed E-state index contributed by atoms with van der Waals surface area (Å²) in [5.41, 5.74) is 1.11. The maximum atomic E-state index is 9.33. The molecule has 0 saturated carbocycles. The molecule has 1 aromatic carbocycles. The number of phenols is 1. The van der Waals surface area contributed by atoms with Crippen LogP contribution in [0.1, 0.15) is 5.56 Å². The highest BCUT2D eigenvalue weighted by atomic mass is 16.5. The lowest BCUT2D eigenvalue weighted by molar-refractivity contribution is 0.220. The highest BCUT2D eigenvalue weighted by molar-refractivity contribution is 5.41. The van der Waals surface area contributed by atoms with Crippen molar-refractivity contribution in [2.24, 2.45) is 5.92 Å². The molecule has 1 unspecified atom stereocenters. The van der Waals surface area contributed by atoms with E-state index in [9.17, 15) is 5.11 Å². The maximum Gasteiger partial charge on any atom is 0.122 e. The van der Waals surface area contributed by atoms with Gasteiger partial charge in [-0.2, -0.15) is 0 Å². The lowest BCUT2D eigenvalue weighted by Gasteiger charge is -2.25. The van der Waals surface area contributed by atoms with E-state index in [0.717, 1.165) is 30.9 Å². The Labute approximate surface area is 83.7 Å². The highest BCUT2D eigenvalue weighted by Crippen LogP contribution is 2.29. The maximum absolute atomic E-state index is 9.33. The number of hydrogen-bond acceptors (Lipinski definition) is 3. The summed E-state index contributed by atoms with van der Waals surface area (Å²) in [6.45, 7) is 1.72. The Morgan fingerprint density at radius 3 is 3.21 bits per heavy atom. The van der Waals surface area contributed by atoms with E-state index in [4.69, 9.17) is 4.74 Å². The molecule has 0 spiro atoms. The van der Waals surface area contributed by atoms with E-state index in [1.165, 1.54) is 0 Å². The van der Waals surface area contributed by atoms with Gasteiger partial charge in [0.25, 0.3) is 0 Å². The van der Waals surface area contributed by atoms with Gasteiger partial charge in [0.2, 0.25) is 0 Å². The summed E-state index contributed by atoms with van der Waals surface area (Å²) in [6, 6.07) is 5.29. The summed E-state index contributed by atoms with van der Waals surface area (Å²) in [7, 11) is 1.94. The number of phenolic OH excluding ortho intramolecular Hbond substituents is 1. The van der Waals surface area contributed by atoms with E-state index >= 15 is 0 Å². The van der Waals surface area contributed by atoms with Gasteiger partial charge in [-0.1, -0.05) is 0 Å². The van der Waals surface area contributed by atoms with Gasteiger partial charge in [0.05, 0.1) is 6.61 Å². The average Bonchev–Trinajstić information content (AvgIpc) is 2.17. The van der Waals surface area contributed by atoms with Crippen LogP contribution in [0.25, 0.3) is 0 Å². The Kier molecular flexibility index (Phi) is 2.59. The zero-order valence-electron chi connectivity index (χ0n) is 8.29. The van der Waals surface area contributed by atoms with Crippen LogP contribution in [0.15, 0.2) is 18.2 Å². The number of rotatable bonds is 2. The predicted molar refractivity (Wildman–Crippen MR) is 54.7 cm³/mol. The number of aromatic hydroxyl groups is 1. The topological polar surface area (TPSA) is 41.5 Å². The van der Waals surface area contributed by atoms with Crippen molar-refractivity contribution in [3.05, 3.63) is 23.8 Å². The molecule has 76 valence electrons. The van der Waals surface area contributed by atoms with Crippen LogP contribution >= 0.6 is 0 Å². The Balaban J connectivity index is 2.16. The molecule has 0 saturated heterocycles. The fourth-order valence-electron chi connectivity index (χ4n) is 1.86. The summed E-state index contributed by atoms with van der Waals surface area (Å²) < 4.78 is 5.59. The zero-order valence-corrected chi connectivity index (χ0v) is 8.29. The third kappa shape index (κ3) is 1.82. The van der Waals surface area contributed by atoms with Gasteiger partial charge in [0.15, 0.2) is 0 Å². The van der Waals surface area contributed by atoms with Gasteiger partial charge >= 0.3 is 0 Å². The molecule has 14 heavy (non-hydrogen) atoms. The van der Waals surface area contributed by atoms with Crippen molar-refractivity contribution >= 4 is 0 Å². The molecule has 2 N–H and O–H groups in total. The highest BCUT2D eigenvalue weighted by Gasteiger charge is 2.19. The van der Waals surface area contributed by atoms with Crippen molar-refractivity contribution in [3.8, 4) is 11.5 Å². The number of hydrogen-bond donors (Lipinski definition) is 2.